The van der Waals surface area contributed by atoms with Gasteiger partial charge in [-0.1, -0.05) is 41.9 Å². The van der Waals surface area contributed by atoms with Gasteiger partial charge in [0.25, 0.3) is 0 Å². The SMILES string of the molecule is O=C(CCCNC(=O)N1CCc2c([nH]c3ccc(Cl)cc23)C1)NCc1ccccc1. The van der Waals surface area contributed by atoms with E-state index >= 15 is 0 Å². The van der Waals surface area contributed by atoms with Crippen LogP contribution in [0.3, 0.4) is 0 Å². The fraction of sp³-hybridized carbons (Fsp3) is 0.304. The van der Waals surface area contributed by atoms with Gasteiger partial charge in [0.15, 0.2) is 0 Å². The van der Waals surface area contributed by atoms with E-state index in [-0.39, 0.29) is 11.9 Å². The zero-order valence-corrected chi connectivity index (χ0v) is 17.5. The van der Waals surface area contributed by atoms with Crippen LogP contribution < -0.4 is 10.6 Å². The predicted octanol–water partition coefficient (Wildman–Crippen LogP) is 3.99. The van der Waals surface area contributed by atoms with Crippen LogP contribution in [0.5, 0.6) is 0 Å². The van der Waals surface area contributed by atoms with Crippen LogP contribution in [-0.4, -0.2) is 34.9 Å². The first-order chi connectivity index (χ1) is 14.6. The number of nitrogens with zero attached hydrogens (tertiary/aromatic N) is 1. The van der Waals surface area contributed by atoms with Crippen LogP contribution in [-0.2, 0) is 24.3 Å². The Hall–Kier alpha value is -2.99. The number of carbonyl (C=O) groups is 2. The molecule has 4 rings (SSSR count). The number of halogens is 1. The highest BCUT2D eigenvalue weighted by Crippen LogP contribution is 2.29. The van der Waals surface area contributed by atoms with Crippen LogP contribution in [0, 0.1) is 0 Å². The molecule has 30 heavy (non-hydrogen) atoms. The standard InChI is InChI=1S/C23H25ClN4O2/c24-17-8-9-20-19(13-17)18-10-12-28(15-21(18)27-20)23(30)25-11-4-7-22(29)26-14-16-5-2-1-3-6-16/h1-3,5-6,8-9,13,27H,4,7,10-12,14-15H2,(H,25,30)(H,26,29). The minimum Gasteiger partial charge on any atom is -0.357 e. The number of aromatic amines is 1. The van der Waals surface area contributed by atoms with Crippen molar-refractivity contribution in [1.82, 2.24) is 20.5 Å². The molecule has 0 saturated carbocycles. The van der Waals surface area contributed by atoms with Gasteiger partial charge in [-0.3, -0.25) is 4.79 Å². The van der Waals surface area contributed by atoms with Crippen molar-refractivity contribution in [1.29, 1.82) is 0 Å². The molecule has 0 radical (unpaired) electrons. The van der Waals surface area contributed by atoms with Crippen molar-refractivity contribution in [2.24, 2.45) is 0 Å². The maximum atomic E-state index is 12.5. The maximum absolute atomic E-state index is 12.5. The average molecular weight is 425 g/mol. The number of aromatic nitrogens is 1. The largest absolute Gasteiger partial charge is 0.357 e. The second-order valence-electron chi connectivity index (χ2n) is 7.54. The lowest BCUT2D eigenvalue weighted by molar-refractivity contribution is -0.121. The number of H-pyrrole nitrogens is 1. The summed E-state index contributed by atoms with van der Waals surface area (Å²) < 4.78 is 0. The number of benzene rings is 2. The topological polar surface area (TPSA) is 77.2 Å². The van der Waals surface area contributed by atoms with Gasteiger partial charge in [-0.2, -0.15) is 0 Å². The molecule has 3 N–H and O–H groups in total. The molecule has 0 aliphatic carbocycles. The van der Waals surface area contributed by atoms with E-state index in [2.05, 4.69) is 15.6 Å². The zero-order chi connectivity index (χ0) is 20.9. The fourth-order valence-electron chi connectivity index (χ4n) is 3.83. The Labute approximate surface area is 180 Å². The first kappa shape index (κ1) is 20.3. The number of urea groups is 1. The summed E-state index contributed by atoms with van der Waals surface area (Å²) in [6.07, 6.45) is 1.79. The van der Waals surface area contributed by atoms with E-state index in [4.69, 9.17) is 11.6 Å². The van der Waals surface area contributed by atoms with Gasteiger partial charge in [-0.25, -0.2) is 4.79 Å². The lowest BCUT2D eigenvalue weighted by atomic mass is 10.0. The molecule has 2 aromatic carbocycles. The summed E-state index contributed by atoms with van der Waals surface area (Å²) in [5, 5.41) is 7.69. The summed E-state index contributed by atoms with van der Waals surface area (Å²) >= 11 is 6.12. The van der Waals surface area contributed by atoms with Gasteiger partial charge in [0, 0.05) is 47.7 Å². The van der Waals surface area contributed by atoms with Gasteiger partial charge in [-0.05, 0) is 42.2 Å². The molecule has 1 aliphatic heterocycles. The number of amides is 3. The lowest BCUT2D eigenvalue weighted by Gasteiger charge is -2.27. The van der Waals surface area contributed by atoms with Crippen molar-refractivity contribution in [3.8, 4) is 0 Å². The summed E-state index contributed by atoms with van der Waals surface area (Å²) in [5.74, 6) is -0.00699. The lowest BCUT2D eigenvalue weighted by Crippen LogP contribution is -2.43. The van der Waals surface area contributed by atoms with E-state index in [1.807, 2.05) is 48.5 Å². The molecule has 6 nitrogen and oxygen atoms in total. The highest BCUT2D eigenvalue weighted by molar-refractivity contribution is 6.31. The molecular formula is C23H25ClN4O2. The Morgan fingerprint density at radius 3 is 2.77 bits per heavy atom. The van der Waals surface area contributed by atoms with Crippen LogP contribution in [0.15, 0.2) is 48.5 Å². The Morgan fingerprint density at radius 2 is 1.93 bits per heavy atom. The van der Waals surface area contributed by atoms with Crippen molar-refractivity contribution in [2.75, 3.05) is 13.1 Å². The van der Waals surface area contributed by atoms with Crippen LogP contribution in [0.1, 0.15) is 29.7 Å². The third-order valence-corrected chi connectivity index (χ3v) is 5.65. The third-order valence-electron chi connectivity index (χ3n) is 5.41. The van der Waals surface area contributed by atoms with E-state index in [0.29, 0.717) is 39.0 Å². The molecule has 7 heteroatoms. The summed E-state index contributed by atoms with van der Waals surface area (Å²) in [5.41, 5.74) is 4.43. The Bertz CT molecular complexity index is 1050. The molecule has 156 valence electrons. The third kappa shape index (κ3) is 4.76. The summed E-state index contributed by atoms with van der Waals surface area (Å²) in [4.78, 5) is 29.7. The van der Waals surface area contributed by atoms with E-state index in [1.54, 1.807) is 4.90 Å². The minimum absolute atomic E-state index is 0.00699. The molecule has 1 aromatic heterocycles. The maximum Gasteiger partial charge on any atom is 0.317 e. The molecule has 0 fully saturated rings. The fourth-order valence-corrected chi connectivity index (χ4v) is 4.00. The highest BCUT2D eigenvalue weighted by Gasteiger charge is 2.23. The number of rotatable bonds is 6. The van der Waals surface area contributed by atoms with E-state index in [0.717, 1.165) is 33.6 Å². The van der Waals surface area contributed by atoms with Gasteiger partial charge >= 0.3 is 6.03 Å². The normalized spacial score (nSPS) is 13.2. The minimum atomic E-state index is -0.0953. The van der Waals surface area contributed by atoms with Gasteiger partial charge in [0.05, 0.1) is 6.54 Å². The molecule has 0 spiro atoms. The molecule has 1 aliphatic rings. The zero-order valence-electron chi connectivity index (χ0n) is 16.7. The second-order valence-corrected chi connectivity index (χ2v) is 7.98. The van der Waals surface area contributed by atoms with Crippen LogP contribution >= 0.6 is 11.6 Å². The molecule has 0 bridgehead atoms. The number of carbonyl (C=O) groups excluding carboxylic acids is 2. The first-order valence-electron chi connectivity index (χ1n) is 10.2. The molecule has 2 heterocycles. The van der Waals surface area contributed by atoms with Crippen LogP contribution in [0.4, 0.5) is 4.79 Å². The quantitative estimate of drug-likeness (QED) is 0.523. The monoisotopic (exact) mass is 424 g/mol. The van der Waals surface area contributed by atoms with Crippen molar-refractivity contribution in [2.45, 2.75) is 32.4 Å². The van der Waals surface area contributed by atoms with Gasteiger partial charge in [0.1, 0.15) is 0 Å². The number of hydrogen-bond acceptors (Lipinski definition) is 2. The number of hydrogen-bond donors (Lipinski definition) is 3. The van der Waals surface area contributed by atoms with E-state index in [1.165, 1.54) is 5.56 Å². The van der Waals surface area contributed by atoms with Crippen LogP contribution in [0.2, 0.25) is 5.02 Å². The van der Waals surface area contributed by atoms with Crippen molar-refractivity contribution in [3.63, 3.8) is 0 Å². The first-order valence-corrected chi connectivity index (χ1v) is 10.6. The molecule has 0 unspecified atom stereocenters. The predicted molar refractivity (Wildman–Crippen MR) is 118 cm³/mol. The van der Waals surface area contributed by atoms with E-state index in [9.17, 15) is 9.59 Å². The molecule has 0 atom stereocenters. The molecule has 3 amide bonds. The van der Waals surface area contributed by atoms with Crippen LogP contribution in [0.25, 0.3) is 10.9 Å². The van der Waals surface area contributed by atoms with Crippen molar-refractivity contribution in [3.05, 3.63) is 70.4 Å². The summed E-state index contributed by atoms with van der Waals surface area (Å²) in [6.45, 7) is 2.21. The molecule has 3 aromatic rings. The second kappa shape index (κ2) is 9.22. The Kier molecular flexibility index (Phi) is 6.23. The molecule has 0 saturated heterocycles. The van der Waals surface area contributed by atoms with E-state index < -0.39 is 0 Å². The summed E-state index contributed by atoms with van der Waals surface area (Å²) in [6, 6.07) is 15.5. The Balaban J connectivity index is 1.20. The highest BCUT2D eigenvalue weighted by atomic mass is 35.5. The molecular weight excluding hydrogens is 400 g/mol. The number of fused-ring (bicyclic) bond motifs is 3. The summed E-state index contributed by atoms with van der Waals surface area (Å²) in [7, 11) is 0. The van der Waals surface area contributed by atoms with Gasteiger partial charge in [-0.15, -0.1) is 0 Å². The van der Waals surface area contributed by atoms with Crippen molar-refractivity contribution < 1.29 is 9.59 Å². The number of nitrogens with one attached hydrogen (secondary N) is 3. The average Bonchev–Trinajstić information content (AvgIpc) is 3.13. The van der Waals surface area contributed by atoms with Crippen molar-refractivity contribution >= 4 is 34.4 Å². The van der Waals surface area contributed by atoms with Gasteiger partial charge < -0.3 is 20.5 Å². The Morgan fingerprint density at radius 1 is 1.10 bits per heavy atom. The smallest absolute Gasteiger partial charge is 0.317 e. The van der Waals surface area contributed by atoms with Gasteiger partial charge in [0.2, 0.25) is 5.91 Å².